The van der Waals surface area contributed by atoms with Crippen LogP contribution in [0, 0.1) is 6.92 Å². The van der Waals surface area contributed by atoms with E-state index < -0.39 is 23.2 Å². The van der Waals surface area contributed by atoms with E-state index in [0.29, 0.717) is 17.9 Å². The third-order valence-corrected chi connectivity index (χ3v) is 3.73. The number of carbonyl (C=O) groups is 2. The summed E-state index contributed by atoms with van der Waals surface area (Å²) in [5.74, 6) is 0.197. The summed E-state index contributed by atoms with van der Waals surface area (Å²) >= 11 is 0. The highest BCUT2D eigenvalue weighted by Crippen LogP contribution is 2.36. The van der Waals surface area contributed by atoms with E-state index in [2.05, 4.69) is 5.32 Å². The Hall–Kier alpha value is -2.24. The molecule has 0 atom stereocenters. The molecule has 2 rings (SSSR count). The number of benzene rings is 1. The van der Waals surface area contributed by atoms with Crippen molar-refractivity contribution in [3.63, 3.8) is 0 Å². The van der Waals surface area contributed by atoms with E-state index in [9.17, 15) is 9.59 Å². The highest BCUT2D eigenvalue weighted by atomic mass is 16.6. The topological polar surface area (TPSA) is 73.9 Å². The maximum Gasteiger partial charge on any atom is 0.408 e. The minimum Gasteiger partial charge on any atom is -0.491 e. The third kappa shape index (κ3) is 4.88. The van der Waals surface area contributed by atoms with E-state index in [1.807, 2.05) is 33.8 Å². The molecular weight excluding hydrogens is 310 g/mol. The molecule has 24 heavy (non-hydrogen) atoms. The van der Waals surface area contributed by atoms with Crippen LogP contribution >= 0.6 is 0 Å². The monoisotopic (exact) mass is 335 g/mol. The van der Waals surface area contributed by atoms with Gasteiger partial charge in [-0.1, -0.05) is 6.07 Å². The van der Waals surface area contributed by atoms with Gasteiger partial charge in [0.25, 0.3) is 0 Å². The lowest BCUT2D eigenvalue weighted by atomic mass is 10.1. The lowest BCUT2D eigenvalue weighted by molar-refractivity contribution is 0.0476. The summed E-state index contributed by atoms with van der Waals surface area (Å²) in [5, 5.41) is 2.88. The summed E-state index contributed by atoms with van der Waals surface area (Å²) in [7, 11) is 1.34. The van der Waals surface area contributed by atoms with Crippen LogP contribution in [0.4, 0.5) is 4.79 Å². The predicted octanol–water partition coefficient (Wildman–Crippen LogP) is 3.22. The summed E-state index contributed by atoms with van der Waals surface area (Å²) in [5.41, 5.74) is 0.418. The van der Waals surface area contributed by atoms with Gasteiger partial charge in [0.15, 0.2) is 0 Å². The second-order valence-corrected chi connectivity index (χ2v) is 7.17. The Morgan fingerprint density at radius 2 is 1.92 bits per heavy atom. The zero-order chi connectivity index (χ0) is 18.0. The Bertz CT molecular complexity index is 629. The number of amides is 1. The molecular formula is C18H25NO5. The first-order valence-electron chi connectivity index (χ1n) is 7.97. The number of aryl methyl sites for hydroxylation is 1. The lowest BCUT2D eigenvalue weighted by Gasteiger charge is -2.23. The van der Waals surface area contributed by atoms with Gasteiger partial charge in [0, 0.05) is 0 Å². The smallest absolute Gasteiger partial charge is 0.408 e. The lowest BCUT2D eigenvalue weighted by Crippen LogP contribution is -2.44. The molecule has 6 nitrogen and oxygen atoms in total. The van der Waals surface area contributed by atoms with E-state index in [-0.39, 0.29) is 0 Å². The fraction of sp³-hybridized carbons (Fsp3) is 0.556. The molecule has 1 amide bonds. The van der Waals surface area contributed by atoms with E-state index in [1.54, 1.807) is 12.1 Å². The van der Waals surface area contributed by atoms with Gasteiger partial charge >= 0.3 is 12.1 Å². The molecule has 0 heterocycles. The fourth-order valence-corrected chi connectivity index (χ4v) is 2.19. The van der Waals surface area contributed by atoms with E-state index >= 15 is 0 Å². The molecule has 132 valence electrons. The molecule has 6 heteroatoms. The molecule has 1 aliphatic rings. The molecule has 1 aromatic carbocycles. The molecule has 0 aromatic heterocycles. The average molecular weight is 335 g/mol. The van der Waals surface area contributed by atoms with Crippen LogP contribution in [0.5, 0.6) is 5.75 Å². The van der Waals surface area contributed by atoms with Gasteiger partial charge in [0.2, 0.25) is 0 Å². The number of ether oxygens (including phenoxy) is 3. The number of carbonyl (C=O) groups excluding carboxylic acids is 2. The number of hydrogen-bond donors (Lipinski definition) is 1. The van der Waals surface area contributed by atoms with Crippen LogP contribution in [0.1, 0.15) is 49.5 Å². The zero-order valence-electron chi connectivity index (χ0n) is 14.9. The Morgan fingerprint density at radius 1 is 1.25 bits per heavy atom. The number of methoxy groups -OCH3 is 1. The number of alkyl carbamates (subject to hydrolysis) is 1. The highest BCUT2D eigenvalue weighted by Gasteiger charge is 2.46. The molecule has 0 unspecified atom stereocenters. The van der Waals surface area contributed by atoms with Crippen LogP contribution in [0.25, 0.3) is 0 Å². The SMILES string of the molecule is COC(=O)c1ccc(C)c(OCC2(NC(=O)OC(C)(C)C)CC2)c1. The van der Waals surface area contributed by atoms with Crippen LogP contribution < -0.4 is 10.1 Å². The van der Waals surface area contributed by atoms with Gasteiger partial charge in [0.05, 0.1) is 18.2 Å². The second-order valence-electron chi connectivity index (χ2n) is 7.17. The number of rotatable bonds is 5. The van der Waals surface area contributed by atoms with Crippen molar-refractivity contribution in [1.82, 2.24) is 5.32 Å². The van der Waals surface area contributed by atoms with Crippen molar-refractivity contribution in [3.05, 3.63) is 29.3 Å². The van der Waals surface area contributed by atoms with Crippen molar-refractivity contribution in [2.75, 3.05) is 13.7 Å². The van der Waals surface area contributed by atoms with Crippen molar-refractivity contribution >= 4 is 12.1 Å². The summed E-state index contributed by atoms with van der Waals surface area (Å²) in [6.45, 7) is 7.70. The largest absolute Gasteiger partial charge is 0.491 e. The van der Waals surface area contributed by atoms with Crippen LogP contribution in [-0.4, -0.2) is 36.9 Å². The molecule has 1 N–H and O–H groups in total. The van der Waals surface area contributed by atoms with Gasteiger partial charge in [0.1, 0.15) is 18.0 Å². The van der Waals surface area contributed by atoms with Crippen LogP contribution in [0.15, 0.2) is 18.2 Å². The molecule has 1 saturated carbocycles. The Morgan fingerprint density at radius 3 is 2.46 bits per heavy atom. The third-order valence-electron chi connectivity index (χ3n) is 3.73. The standard InChI is InChI=1S/C18H25NO5/c1-12-6-7-13(15(20)22-5)10-14(12)23-11-18(8-9-18)19-16(21)24-17(2,3)4/h6-7,10H,8-9,11H2,1-5H3,(H,19,21). The summed E-state index contributed by atoms with van der Waals surface area (Å²) in [6, 6.07) is 5.16. The van der Waals surface area contributed by atoms with Crippen molar-refractivity contribution in [2.24, 2.45) is 0 Å². The molecule has 0 aliphatic heterocycles. The van der Waals surface area contributed by atoms with Gasteiger partial charge in [-0.25, -0.2) is 9.59 Å². The molecule has 0 saturated heterocycles. The number of hydrogen-bond acceptors (Lipinski definition) is 5. The van der Waals surface area contributed by atoms with Crippen molar-refractivity contribution < 1.29 is 23.8 Å². The van der Waals surface area contributed by atoms with Crippen LogP contribution in [0.3, 0.4) is 0 Å². The Labute approximate surface area is 142 Å². The maximum absolute atomic E-state index is 11.9. The molecule has 0 spiro atoms. The first kappa shape index (κ1) is 18.1. The van der Waals surface area contributed by atoms with E-state index in [0.717, 1.165) is 18.4 Å². The Balaban J connectivity index is 1.98. The zero-order valence-corrected chi connectivity index (χ0v) is 14.9. The highest BCUT2D eigenvalue weighted by molar-refractivity contribution is 5.89. The van der Waals surface area contributed by atoms with E-state index in [1.165, 1.54) is 7.11 Å². The average Bonchev–Trinajstić information content (AvgIpc) is 3.23. The molecule has 0 radical (unpaired) electrons. The van der Waals surface area contributed by atoms with Crippen molar-refractivity contribution in [3.8, 4) is 5.75 Å². The molecule has 1 fully saturated rings. The van der Waals surface area contributed by atoms with Gasteiger partial charge in [-0.05, 0) is 58.2 Å². The van der Waals surface area contributed by atoms with Crippen LogP contribution in [0.2, 0.25) is 0 Å². The number of nitrogens with one attached hydrogen (secondary N) is 1. The quantitative estimate of drug-likeness (QED) is 0.836. The normalized spacial score (nSPS) is 15.4. The molecule has 1 aromatic rings. The van der Waals surface area contributed by atoms with Gasteiger partial charge < -0.3 is 19.5 Å². The minimum absolute atomic E-state index is 0.331. The Kier molecular flexibility index (Phi) is 5.06. The predicted molar refractivity (Wildman–Crippen MR) is 89.3 cm³/mol. The van der Waals surface area contributed by atoms with Crippen LogP contribution in [-0.2, 0) is 9.47 Å². The fourth-order valence-electron chi connectivity index (χ4n) is 2.19. The van der Waals surface area contributed by atoms with E-state index in [4.69, 9.17) is 14.2 Å². The summed E-state index contributed by atoms with van der Waals surface area (Å²) in [4.78, 5) is 23.5. The summed E-state index contributed by atoms with van der Waals surface area (Å²) in [6.07, 6.45) is 1.23. The first-order chi connectivity index (χ1) is 11.1. The summed E-state index contributed by atoms with van der Waals surface area (Å²) < 4.78 is 15.9. The first-order valence-corrected chi connectivity index (χ1v) is 7.97. The van der Waals surface area contributed by atoms with Gasteiger partial charge in [-0.2, -0.15) is 0 Å². The number of esters is 1. The molecule has 1 aliphatic carbocycles. The van der Waals surface area contributed by atoms with Crippen molar-refractivity contribution in [1.29, 1.82) is 0 Å². The molecule has 0 bridgehead atoms. The second kappa shape index (κ2) is 6.71. The maximum atomic E-state index is 11.9. The van der Waals surface area contributed by atoms with Crippen molar-refractivity contribution in [2.45, 2.75) is 51.7 Å². The van der Waals surface area contributed by atoms with Gasteiger partial charge in [-0.15, -0.1) is 0 Å². The minimum atomic E-state index is -0.535. The van der Waals surface area contributed by atoms with Gasteiger partial charge in [-0.3, -0.25) is 0 Å².